The van der Waals surface area contributed by atoms with Crippen LogP contribution in [0.2, 0.25) is 0 Å². The maximum Gasteiger partial charge on any atom is 0.354 e. The quantitative estimate of drug-likeness (QED) is 0.731. The second-order valence-electron chi connectivity index (χ2n) is 3.01. The van der Waals surface area contributed by atoms with E-state index in [1.54, 1.807) is 0 Å². The van der Waals surface area contributed by atoms with Crippen molar-refractivity contribution in [3.8, 4) is 0 Å². The van der Waals surface area contributed by atoms with E-state index in [0.717, 1.165) is 12.1 Å². The van der Waals surface area contributed by atoms with Gasteiger partial charge in [-0.2, -0.15) is 4.39 Å². The molecule has 0 fully saturated rings. The van der Waals surface area contributed by atoms with E-state index in [1.807, 2.05) is 0 Å². The van der Waals surface area contributed by atoms with Crippen molar-refractivity contribution in [1.82, 2.24) is 9.38 Å². The molecule has 0 aliphatic carbocycles. The van der Waals surface area contributed by atoms with Gasteiger partial charge in [-0.1, -0.05) is 0 Å². The Labute approximate surface area is 82.8 Å². The van der Waals surface area contributed by atoms with Crippen molar-refractivity contribution in [3.63, 3.8) is 0 Å². The molecule has 0 saturated carbocycles. The first-order valence-corrected chi connectivity index (χ1v) is 4.08. The minimum atomic E-state index is -1.34. The second kappa shape index (κ2) is 3.01. The number of aromatic carboxylic acids is 1. The van der Waals surface area contributed by atoms with Crippen LogP contribution in [0.15, 0.2) is 12.1 Å². The Morgan fingerprint density at radius 2 is 2.13 bits per heavy atom. The van der Waals surface area contributed by atoms with Crippen molar-refractivity contribution in [2.24, 2.45) is 0 Å². The van der Waals surface area contributed by atoms with Gasteiger partial charge in [0.25, 0.3) is 0 Å². The maximum atomic E-state index is 13.3. The van der Waals surface area contributed by atoms with Crippen molar-refractivity contribution < 1.29 is 18.7 Å². The number of carboxylic acid groups (broad SMARTS) is 1. The summed E-state index contributed by atoms with van der Waals surface area (Å²) in [6.45, 7) is 1.38. The third-order valence-corrected chi connectivity index (χ3v) is 2.05. The average Bonchev–Trinajstić information content (AvgIpc) is 2.50. The number of nitrogens with zero attached hydrogens (tertiary/aromatic N) is 2. The van der Waals surface area contributed by atoms with E-state index in [4.69, 9.17) is 5.11 Å². The predicted octanol–water partition coefficient (Wildman–Crippen LogP) is 1.62. The maximum absolute atomic E-state index is 13.3. The van der Waals surface area contributed by atoms with Crippen LogP contribution in [0.3, 0.4) is 0 Å². The summed E-state index contributed by atoms with van der Waals surface area (Å²) < 4.78 is 27.1. The number of hydrogen-bond donors (Lipinski definition) is 1. The Morgan fingerprint density at radius 1 is 1.47 bits per heavy atom. The van der Waals surface area contributed by atoms with E-state index in [2.05, 4.69) is 4.98 Å². The standard InChI is InChI=1S/C9H6F2N2O2/c1-4-7(9(14)15)13-6(11)3-2-5(10)8(13)12-4/h2-3H,1H3,(H,14,15). The number of imidazole rings is 1. The summed E-state index contributed by atoms with van der Waals surface area (Å²) in [6, 6.07) is 1.76. The van der Waals surface area contributed by atoms with Crippen molar-refractivity contribution in [2.45, 2.75) is 6.92 Å². The first kappa shape index (κ1) is 9.57. The van der Waals surface area contributed by atoms with E-state index in [9.17, 15) is 13.6 Å². The molecule has 0 unspecified atom stereocenters. The summed E-state index contributed by atoms with van der Waals surface area (Å²) in [5.74, 6) is -2.96. The van der Waals surface area contributed by atoms with Crippen LogP contribution in [-0.4, -0.2) is 20.5 Å². The summed E-state index contributed by atoms with van der Waals surface area (Å²) in [7, 11) is 0. The van der Waals surface area contributed by atoms with Gasteiger partial charge in [-0.15, -0.1) is 0 Å². The van der Waals surface area contributed by atoms with Gasteiger partial charge < -0.3 is 5.11 Å². The number of rotatable bonds is 1. The lowest BCUT2D eigenvalue weighted by Gasteiger charge is -1.99. The van der Waals surface area contributed by atoms with Gasteiger partial charge >= 0.3 is 5.97 Å². The number of carbonyl (C=O) groups is 1. The second-order valence-corrected chi connectivity index (χ2v) is 3.01. The molecule has 15 heavy (non-hydrogen) atoms. The van der Waals surface area contributed by atoms with Gasteiger partial charge in [0.1, 0.15) is 0 Å². The number of aromatic nitrogens is 2. The lowest BCUT2D eigenvalue weighted by atomic mass is 10.3. The molecule has 0 aliphatic rings. The number of hydrogen-bond acceptors (Lipinski definition) is 2. The van der Waals surface area contributed by atoms with E-state index in [1.165, 1.54) is 6.92 Å². The molecule has 0 bridgehead atoms. The van der Waals surface area contributed by atoms with Gasteiger partial charge in [-0.3, -0.25) is 4.40 Å². The van der Waals surface area contributed by atoms with Crippen LogP contribution >= 0.6 is 0 Å². The molecular formula is C9H6F2N2O2. The van der Waals surface area contributed by atoms with Crippen LogP contribution in [0.4, 0.5) is 8.78 Å². The van der Waals surface area contributed by atoms with Crippen LogP contribution in [0.1, 0.15) is 16.2 Å². The minimum Gasteiger partial charge on any atom is -0.477 e. The molecule has 6 heteroatoms. The first-order valence-electron chi connectivity index (χ1n) is 4.08. The van der Waals surface area contributed by atoms with Crippen molar-refractivity contribution in [2.75, 3.05) is 0 Å². The molecule has 0 aromatic carbocycles. The van der Waals surface area contributed by atoms with Crippen molar-refractivity contribution in [1.29, 1.82) is 0 Å². The molecular weight excluding hydrogens is 206 g/mol. The summed E-state index contributed by atoms with van der Waals surface area (Å²) in [6.07, 6.45) is 0. The van der Waals surface area contributed by atoms with Crippen LogP contribution in [0, 0.1) is 18.7 Å². The molecule has 4 nitrogen and oxygen atoms in total. The molecule has 0 amide bonds. The number of fused-ring (bicyclic) bond motifs is 1. The highest BCUT2D eigenvalue weighted by Gasteiger charge is 2.20. The molecule has 2 heterocycles. The normalized spacial score (nSPS) is 10.9. The van der Waals surface area contributed by atoms with Gasteiger partial charge in [0.2, 0.25) is 0 Å². The minimum absolute atomic E-state index is 0.0755. The lowest BCUT2D eigenvalue weighted by Crippen LogP contribution is -2.06. The van der Waals surface area contributed by atoms with Crippen LogP contribution in [-0.2, 0) is 0 Å². The highest BCUT2D eigenvalue weighted by Crippen LogP contribution is 2.17. The van der Waals surface area contributed by atoms with Crippen molar-refractivity contribution in [3.05, 3.63) is 35.3 Å². The molecule has 78 valence electrons. The summed E-state index contributed by atoms with van der Waals surface area (Å²) >= 11 is 0. The smallest absolute Gasteiger partial charge is 0.354 e. The molecule has 1 N–H and O–H groups in total. The Balaban J connectivity index is 2.98. The lowest BCUT2D eigenvalue weighted by molar-refractivity contribution is 0.0687. The molecule has 2 aromatic rings. The number of halogens is 2. The van der Waals surface area contributed by atoms with Gasteiger partial charge in [-0.25, -0.2) is 14.2 Å². The fourth-order valence-electron chi connectivity index (χ4n) is 1.44. The SMILES string of the molecule is Cc1nc2c(F)ccc(F)n2c1C(=O)O. The molecule has 2 rings (SSSR count). The Kier molecular flexibility index (Phi) is 1.92. The first-order chi connectivity index (χ1) is 7.02. The third-order valence-electron chi connectivity index (χ3n) is 2.05. The zero-order valence-corrected chi connectivity index (χ0v) is 7.66. The predicted molar refractivity (Wildman–Crippen MR) is 46.8 cm³/mol. The van der Waals surface area contributed by atoms with Gasteiger partial charge in [0, 0.05) is 0 Å². The molecule has 0 spiro atoms. The summed E-state index contributed by atoms with van der Waals surface area (Å²) in [4.78, 5) is 14.5. The highest BCUT2D eigenvalue weighted by molar-refractivity contribution is 5.88. The molecule has 0 saturated heterocycles. The molecule has 2 aromatic heterocycles. The Morgan fingerprint density at radius 3 is 2.73 bits per heavy atom. The van der Waals surface area contributed by atoms with Gasteiger partial charge in [-0.05, 0) is 19.1 Å². The fraction of sp³-hybridized carbons (Fsp3) is 0.111. The van der Waals surface area contributed by atoms with E-state index in [-0.39, 0.29) is 17.0 Å². The number of aryl methyl sites for hydroxylation is 1. The van der Waals surface area contributed by atoms with Crippen molar-refractivity contribution >= 4 is 11.6 Å². The fourth-order valence-corrected chi connectivity index (χ4v) is 1.44. The topological polar surface area (TPSA) is 54.6 Å². The number of pyridine rings is 1. The van der Waals surface area contributed by atoms with E-state index in [0.29, 0.717) is 4.40 Å². The zero-order valence-electron chi connectivity index (χ0n) is 7.66. The highest BCUT2D eigenvalue weighted by atomic mass is 19.1. The Bertz CT molecular complexity index is 563. The van der Waals surface area contributed by atoms with Gasteiger partial charge in [0.15, 0.2) is 23.1 Å². The third kappa shape index (κ3) is 1.25. The average molecular weight is 212 g/mol. The monoisotopic (exact) mass is 212 g/mol. The Hall–Kier alpha value is -1.98. The molecule has 0 atom stereocenters. The molecule has 0 radical (unpaired) electrons. The van der Waals surface area contributed by atoms with Crippen LogP contribution in [0.25, 0.3) is 5.65 Å². The van der Waals surface area contributed by atoms with Crippen LogP contribution in [0.5, 0.6) is 0 Å². The van der Waals surface area contributed by atoms with Crippen LogP contribution < -0.4 is 0 Å². The van der Waals surface area contributed by atoms with E-state index >= 15 is 0 Å². The summed E-state index contributed by atoms with van der Waals surface area (Å²) in [5.41, 5.74) is -0.599. The zero-order chi connectivity index (χ0) is 11.2. The molecule has 0 aliphatic heterocycles. The largest absolute Gasteiger partial charge is 0.477 e. The van der Waals surface area contributed by atoms with Gasteiger partial charge in [0.05, 0.1) is 5.69 Å². The summed E-state index contributed by atoms with van der Waals surface area (Å²) in [5, 5.41) is 8.82. The van der Waals surface area contributed by atoms with E-state index < -0.39 is 17.7 Å². The number of carboxylic acids is 1.